The van der Waals surface area contributed by atoms with Crippen molar-refractivity contribution in [3.05, 3.63) is 65.7 Å². The van der Waals surface area contributed by atoms with Crippen molar-refractivity contribution >= 4 is 5.91 Å². The van der Waals surface area contributed by atoms with Crippen molar-refractivity contribution in [2.75, 3.05) is 13.9 Å². The van der Waals surface area contributed by atoms with Gasteiger partial charge in [0.25, 0.3) is 5.91 Å². The Bertz CT molecular complexity index is 584. The van der Waals surface area contributed by atoms with Gasteiger partial charge in [-0.3, -0.25) is 4.79 Å². The Labute approximate surface area is 124 Å². The minimum Gasteiger partial charge on any atom is -0.467 e. The zero-order chi connectivity index (χ0) is 15.1. The number of benzene rings is 2. The Hall–Kier alpha value is -2.33. The van der Waals surface area contributed by atoms with Crippen LogP contribution in [0.15, 0.2) is 54.6 Å². The predicted octanol–water partition coefficient (Wildman–Crippen LogP) is 3.16. The molecule has 0 spiro atoms. The number of ether oxygens (including phenoxy) is 2. The molecule has 4 heteroatoms. The van der Waals surface area contributed by atoms with E-state index in [0.717, 1.165) is 5.56 Å². The molecule has 21 heavy (non-hydrogen) atoms. The number of carbonyl (C=O) groups is 1. The van der Waals surface area contributed by atoms with Crippen LogP contribution in [0.1, 0.15) is 28.9 Å². The second kappa shape index (κ2) is 7.45. The van der Waals surface area contributed by atoms with Gasteiger partial charge in [-0.1, -0.05) is 42.5 Å². The molecule has 0 unspecified atom stereocenters. The zero-order valence-corrected chi connectivity index (χ0v) is 12.2. The van der Waals surface area contributed by atoms with E-state index in [1.54, 1.807) is 19.2 Å². The summed E-state index contributed by atoms with van der Waals surface area (Å²) < 4.78 is 10.3. The van der Waals surface area contributed by atoms with Gasteiger partial charge < -0.3 is 14.8 Å². The van der Waals surface area contributed by atoms with Crippen molar-refractivity contribution in [1.82, 2.24) is 5.32 Å². The van der Waals surface area contributed by atoms with E-state index >= 15 is 0 Å². The quantitative estimate of drug-likeness (QED) is 0.829. The number of carbonyl (C=O) groups excluding carboxylic acids is 1. The van der Waals surface area contributed by atoms with E-state index < -0.39 is 0 Å². The molecule has 2 aromatic carbocycles. The molecule has 1 atom stereocenters. The smallest absolute Gasteiger partial charge is 0.255 e. The summed E-state index contributed by atoms with van der Waals surface area (Å²) in [6.07, 6.45) is 0. The lowest BCUT2D eigenvalue weighted by molar-refractivity contribution is 0.0500. The number of nitrogens with one attached hydrogen (secondary N) is 1. The molecular weight excluding hydrogens is 266 g/mol. The minimum atomic E-state index is -0.168. The highest BCUT2D eigenvalue weighted by Gasteiger charge is 2.15. The van der Waals surface area contributed by atoms with Crippen LogP contribution in [0.2, 0.25) is 0 Å². The average molecular weight is 285 g/mol. The Morgan fingerprint density at radius 3 is 2.48 bits per heavy atom. The van der Waals surface area contributed by atoms with Gasteiger partial charge in [-0.25, -0.2) is 0 Å². The molecule has 0 aliphatic heterocycles. The molecule has 0 heterocycles. The molecule has 0 saturated carbocycles. The molecule has 0 bridgehead atoms. The maximum absolute atomic E-state index is 12.4. The fraction of sp³-hybridized carbons (Fsp3) is 0.235. The van der Waals surface area contributed by atoms with Gasteiger partial charge in [0.1, 0.15) is 5.75 Å². The van der Waals surface area contributed by atoms with E-state index in [9.17, 15) is 4.79 Å². The van der Waals surface area contributed by atoms with Crippen LogP contribution in [-0.2, 0) is 4.74 Å². The van der Waals surface area contributed by atoms with E-state index in [1.165, 1.54) is 0 Å². The van der Waals surface area contributed by atoms with Crippen molar-refractivity contribution in [2.45, 2.75) is 13.0 Å². The van der Waals surface area contributed by atoms with Gasteiger partial charge in [0.05, 0.1) is 11.6 Å². The van der Waals surface area contributed by atoms with Crippen LogP contribution in [0, 0.1) is 0 Å². The first kappa shape index (κ1) is 15.1. The fourth-order valence-electron chi connectivity index (χ4n) is 2.00. The van der Waals surface area contributed by atoms with Crippen molar-refractivity contribution in [2.24, 2.45) is 0 Å². The third-order valence-corrected chi connectivity index (χ3v) is 3.11. The third kappa shape index (κ3) is 4.07. The van der Waals surface area contributed by atoms with Crippen LogP contribution in [0.4, 0.5) is 0 Å². The lowest BCUT2D eigenvalue weighted by Crippen LogP contribution is -2.27. The molecule has 2 rings (SSSR count). The summed E-state index contributed by atoms with van der Waals surface area (Å²) in [5, 5.41) is 2.97. The van der Waals surface area contributed by atoms with Gasteiger partial charge in [0.2, 0.25) is 0 Å². The highest BCUT2D eigenvalue weighted by Crippen LogP contribution is 2.19. The third-order valence-electron chi connectivity index (χ3n) is 3.11. The summed E-state index contributed by atoms with van der Waals surface area (Å²) in [5.74, 6) is 0.343. The van der Waals surface area contributed by atoms with Crippen LogP contribution in [0.5, 0.6) is 5.75 Å². The summed E-state index contributed by atoms with van der Waals surface area (Å²) in [6, 6.07) is 16.9. The predicted molar refractivity (Wildman–Crippen MR) is 81.3 cm³/mol. The van der Waals surface area contributed by atoms with Gasteiger partial charge in [-0.05, 0) is 24.6 Å². The van der Waals surface area contributed by atoms with Gasteiger partial charge in [0.15, 0.2) is 6.79 Å². The van der Waals surface area contributed by atoms with Crippen LogP contribution < -0.4 is 10.1 Å². The molecule has 2 aromatic rings. The molecule has 0 fully saturated rings. The van der Waals surface area contributed by atoms with Gasteiger partial charge >= 0.3 is 0 Å². The van der Waals surface area contributed by atoms with Crippen LogP contribution >= 0.6 is 0 Å². The van der Waals surface area contributed by atoms with E-state index in [0.29, 0.717) is 11.3 Å². The molecule has 4 nitrogen and oxygen atoms in total. The number of hydrogen-bond donors (Lipinski definition) is 1. The largest absolute Gasteiger partial charge is 0.467 e. The van der Waals surface area contributed by atoms with Crippen molar-refractivity contribution in [3.63, 3.8) is 0 Å². The number of amides is 1. The highest BCUT2D eigenvalue weighted by molar-refractivity contribution is 5.97. The first-order valence-corrected chi connectivity index (χ1v) is 6.79. The van der Waals surface area contributed by atoms with Gasteiger partial charge in [0, 0.05) is 7.11 Å². The SMILES string of the molecule is COCOc1ccccc1C(=O)N[C@H](C)c1ccccc1. The second-order valence-corrected chi connectivity index (χ2v) is 4.65. The summed E-state index contributed by atoms with van der Waals surface area (Å²) in [7, 11) is 1.54. The molecule has 1 amide bonds. The first-order valence-electron chi connectivity index (χ1n) is 6.79. The van der Waals surface area contributed by atoms with Crippen LogP contribution in [0.25, 0.3) is 0 Å². The van der Waals surface area contributed by atoms with E-state index in [2.05, 4.69) is 5.32 Å². The lowest BCUT2D eigenvalue weighted by atomic mass is 10.1. The van der Waals surface area contributed by atoms with Gasteiger partial charge in [-0.2, -0.15) is 0 Å². The summed E-state index contributed by atoms with van der Waals surface area (Å²) in [6.45, 7) is 2.06. The minimum absolute atomic E-state index is 0.0748. The fourth-order valence-corrected chi connectivity index (χ4v) is 2.00. The van der Waals surface area contributed by atoms with E-state index in [1.807, 2.05) is 49.4 Å². The maximum atomic E-state index is 12.4. The molecule has 0 saturated heterocycles. The topological polar surface area (TPSA) is 47.6 Å². The van der Waals surface area contributed by atoms with E-state index in [4.69, 9.17) is 9.47 Å². The van der Waals surface area contributed by atoms with Crippen molar-refractivity contribution in [3.8, 4) is 5.75 Å². The summed E-state index contributed by atoms with van der Waals surface area (Å²) >= 11 is 0. The Morgan fingerprint density at radius 1 is 1.10 bits per heavy atom. The molecule has 110 valence electrons. The summed E-state index contributed by atoms with van der Waals surface area (Å²) in [4.78, 5) is 12.4. The Balaban J connectivity index is 2.10. The normalized spacial score (nSPS) is 11.7. The monoisotopic (exact) mass is 285 g/mol. The number of rotatable bonds is 6. The first-order chi connectivity index (χ1) is 10.2. The standard InChI is InChI=1S/C17H19NO3/c1-13(14-8-4-3-5-9-14)18-17(19)15-10-6-7-11-16(15)21-12-20-2/h3-11,13H,12H2,1-2H3,(H,18,19)/t13-/m1/s1. The molecule has 0 aliphatic carbocycles. The van der Waals surface area contributed by atoms with Crippen LogP contribution in [-0.4, -0.2) is 19.8 Å². The molecule has 0 aromatic heterocycles. The Morgan fingerprint density at radius 2 is 1.76 bits per heavy atom. The number of methoxy groups -OCH3 is 1. The lowest BCUT2D eigenvalue weighted by Gasteiger charge is -2.16. The van der Waals surface area contributed by atoms with E-state index in [-0.39, 0.29) is 18.7 Å². The Kier molecular flexibility index (Phi) is 5.35. The average Bonchev–Trinajstić information content (AvgIpc) is 2.54. The van der Waals surface area contributed by atoms with Crippen molar-refractivity contribution in [1.29, 1.82) is 0 Å². The maximum Gasteiger partial charge on any atom is 0.255 e. The second-order valence-electron chi connectivity index (χ2n) is 4.65. The molecule has 0 aliphatic rings. The summed E-state index contributed by atoms with van der Waals surface area (Å²) in [5.41, 5.74) is 1.55. The van der Waals surface area contributed by atoms with Crippen molar-refractivity contribution < 1.29 is 14.3 Å². The highest BCUT2D eigenvalue weighted by atomic mass is 16.7. The molecular formula is C17H19NO3. The number of para-hydroxylation sites is 1. The van der Waals surface area contributed by atoms with Gasteiger partial charge in [-0.15, -0.1) is 0 Å². The molecule has 0 radical (unpaired) electrons. The van der Waals surface area contributed by atoms with Crippen LogP contribution in [0.3, 0.4) is 0 Å². The zero-order valence-electron chi connectivity index (χ0n) is 12.2. The number of hydrogen-bond acceptors (Lipinski definition) is 3. The molecule has 1 N–H and O–H groups in total.